The zero-order chi connectivity index (χ0) is 27.7. The number of nitrogens with zero attached hydrogens (tertiary/aromatic N) is 3. The Balaban J connectivity index is 1.54. The maximum Gasteiger partial charge on any atom is 0.526 e. The van der Waals surface area contributed by atoms with Gasteiger partial charge in [0.1, 0.15) is 17.4 Å². The highest BCUT2D eigenvalue weighted by molar-refractivity contribution is 7.13. The number of Topliss-reactive ketones (excluding diaryl/α,β-unsaturated/α-hetero) is 1. The Kier molecular flexibility index (Phi) is 7.69. The predicted octanol–water partition coefficient (Wildman–Crippen LogP) is 0.618. The number of benzene rings is 1. The number of carboxylic acid groups (broad SMARTS) is 1. The number of urea groups is 1. The summed E-state index contributed by atoms with van der Waals surface area (Å²) in [6.07, 6.45) is -0.119. The van der Waals surface area contributed by atoms with Crippen molar-refractivity contribution >= 4 is 53.2 Å². The van der Waals surface area contributed by atoms with Gasteiger partial charge in [-0.1, -0.05) is 6.07 Å². The summed E-state index contributed by atoms with van der Waals surface area (Å²) in [5.41, 5.74) is 7.00. The minimum Gasteiger partial charge on any atom is -0.535 e. The lowest BCUT2D eigenvalue weighted by molar-refractivity contribution is -0.153. The molecule has 0 spiro atoms. The van der Waals surface area contributed by atoms with Gasteiger partial charge < -0.3 is 30.7 Å². The van der Waals surface area contributed by atoms with Crippen LogP contribution in [0.5, 0.6) is 5.75 Å². The Morgan fingerprint density at radius 3 is 2.66 bits per heavy atom. The molecule has 2 atom stereocenters. The van der Waals surface area contributed by atoms with Crippen molar-refractivity contribution in [1.29, 1.82) is 0 Å². The van der Waals surface area contributed by atoms with E-state index in [4.69, 9.17) is 10.4 Å². The van der Waals surface area contributed by atoms with Gasteiger partial charge in [0, 0.05) is 37.3 Å². The molecule has 2 aromatic rings. The van der Waals surface area contributed by atoms with E-state index in [1.54, 1.807) is 19.9 Å². The summed E-state index contributed by atoms with van der Waals surface area (Å²) < 4.78 is 5.51. The van der Waals surface area contributed by atoms with Crippen LogP contribution >= 0.6 is 11.3 Å². The number of thiazole rings is 1. The van der Waals surface area contributed by atoms with Crippen molar-refractivity contribution in [1.82, 2.24) is 20.1 Å². The highest BCUT2D eigenvalue weighted by Crippen LogP contribution is 2.38. The number of carbonyl (C=O) groups is 5. The van der Waals surface area contributed by atoms with E-state index in [1.165, 1.54) is 16.3 Å². The van der Waals surface area contributed by atoms with E-state index < -0.39 is 48.6 Å². The number of anilines is 1. The van der Waals surface area contributed by atoms with Gasteiger partial charge in [0.05, 0.1) is 5.69 Å². The van der Waals surface area contributed by atoms with Crippen molar-refractivity contribution in [2.45, 2.75) is 38.5 Å². The average Bonchev–Trinajstić information content (AvgIpc) is 3.29. The lowest BCUT2D eigenvalue weighted by Crippen LogP contribution is -2.58. The van der Waals surface area contributed by atoms with Gasteiger partial charge in [0.25, 0.3) is 0 Å². The molecule has 3 heterocycles. The maximum absolute atomic E-state index is 13.5. The number of carbonyl (C=O) groups excluding carboxylic acids is 4. The second-order valence-corrected chi connectivity index (χ2v) is 9.97. The lowest BCUT2D eigenvalue weighted by Gasteiger charge is -2.33. The van der Waals surface area contributed by atoms with Gasteiger partial charge in [0.2, 0.25) is 0 Å². The average molecular weight is 543 g/mol. The van der Waals surface area contributed by atoms with E-state index in [0.29, 0.717) is 17.7 Å². The normalized spacial score (nSPS) is 18.1. The molecule has 5 N–H and O–H groups in total. The number of nitrogens with two attached hydrogens (primary N) is 1. The quantitative estimate of drug-likeness (QED) is 0.284. The first-order valence-electron chi connectivity index (χ1n) is 11.9. The summed E-state index contributed by atoms with van der Waals surface area (Å²) in [6.45, 7) is 3.89. The molecule has 1 aromatic heterocycles. The topological polar surface area (TPSA) is 192 Å². The van der Waals surface area contributed by atoms with Crippen LogP contribution in [0.25, 0.3) is 0 Å². The third kappa shape index (κ3) is 5.33. The third-order valence-corrected chi connectivity index (χ3v) is 7.18. The molecule has 1 aromatic carbocycles. The molecule has 0 bridgehead atoms. The Hall–Kier alpha value is -3.98. The Labute approximate surface area is 221 Å². The number of piperazine rings is 1. The van der Waals surface area contributed by atoms with Crippen LogP contribution in [0.2, 0.25) is 5.82 Å². The number of rotatable bonds is 7. The molecule has 0 radical (unpaired) electrons. The largest absolute Gasteiger partial charge is 0.535 e. The molecular formula is C23H26BN5O8S. The monoisotopic (exact) mass is 543 g/mol. The minimum absolute atomic E-state index is 0.0401. The number of fused-ring (bicyclic) bond motifs is 1. The van der Waals surface area contributed by atoms with Crippen molar-refractivity contribution < 1.29 is 38.8 Å². The SMILES string of the molecule is CCN1CCN(C(=O)NC(C(=O)C[C@H]2Cc3cc(C)cc(C(=O)O)c3OB2O)c2csc(N)n2)C(=O)C1=O. The smallest absolute Gasteiger partial charge is 0.526 e. The highest BCUT2D eigenvalue weighted by Gasteiger charge is 2.41. The predicted molar refractivity (Wildman–Crippen MR) is 136 cm³/mol. The van der Waals surface area contributed by atoms with Crippen LogP contribution in [0, 0.1) is 6.92 Å². The van der Waals surface area contributed by atoms with Crippen LogP contribution in [-0.2, 0) is 20.8 Å². The van der Waals surface area contributed by atoms with Gasteiger partial charge in [-0.2, -0.15) is 0 Å². The van der Waals surface area contributed by atoms with Crippen LogP contribution in [0.3, 0.4) is 0 Å². The molecule has 2 aliphatic heterocycles. The van der Waals surface area contributed by atoms with Crippen molar-refractivity contribution in [2.75, 3.05) is 25.4 Å². The minimum atomic E-state index is -1.48. The van der Waals surface area contributed by atoms with Gasteiger partial charge in [0.15, 0.2) is 10.9 Å². The van der Waals surface area contributed by atoms with Crippen LogP contribution < -0.4 is 15.7 Å². The number of aromatic carboxylic acids is 1. The van der Waals surface area contributed by atoms with Gasteiger partial charge in [-0.25, -0.2) is 14.6 Å². The van der Waals surface area contributed by atoms with Crippen LogP contribution in [0.4, 0.5) is 9.93 Å². The molecule has 0 aliphatic carbocycles. The standard InChI is InChI=1S/C23H26BN5O8S/c1-3-28-4-5-29(20(32)19(28)31)23(35)27-17(15-10-38-22(25)26-15)16(30)9-13-8-12-6-11(2)7-14(21(33)34)18(12)37-24(13)36/h6-7,10,13,17,36H,3-5,8-9H2,1-2H3,(H2,25,26)(H,27,35)(H,33,34)/t13-,17?/m1/s1. The van der Waals surface area contributed by atoms with Gasteiger partial charge in [-0.05, 0) is 37.5 Å². The first-order valence-corrected chi connectivity index (χ1v) is 12.7. The van der Waals surface area contributed by atoms with E-state index >= 15 is 0 Å². The summed E-state index contributed by atoms with van der Waals surface area (Å²) in [4.78, 5) is 68.9. The van der Waals surface area contributed by atoms with E-state index in [9.17, 15) is 34.1 Å². The Bertz CT molecular complexity index is 1320. The number of nitrogen functional groups attached to an aromatic ring is 1. The second-order valence-electron chi connectivity index (χ2n) is 9.08. The number of amides is 4. The zero-order valence-electron chi connectivity index (χ0n) is 20.7. The number of likely N-dealkylation sites (N-methyl/N-ethyl adjacent to an activating group) is 1. The van der Waals surface area contributed by atoms with Crippen molar-refractivity contribution in [3.05, 3.63) is 39.9 Å². The number of carboxylic acids is 1. The molecule has 200 valence electrons. The summed E-state index contributed by atoms with van der Waals surface area (Å²) >= 11 is 1.05. The number of ketones is 1. The maximum atomic E-state index is 13.5. The molecule has 38 heavy (non-hydrogen) atoms. The molecule has 1 saturated heterocycles. The van der Waals surface area contributed by atoms with E-state index in [-0.39, 0.29) is 48.1 Å². The van der Waals surface area contributed by atoms with Crippen LogP contribution in [0.15, 0.2) is 17.5 Å². The summed E-state index contributed by atoms with van der Waals surface area (Å²) in [6, 6.07) is 0.911. The summed E-state index contributed by atoms with van der Waals surface area (Å²) in [5, 5.41) is 24.2. The molecule has 4 rings (SSSR count). The van der Waals surface area contributed by atoms with Gasteiger partial charge in [-0.15, -0.1) is 11.3 Å². The molecule has 0 saturated carbocycles. The highest BCUT2D eigenvalue weighted by atomic mass is 32.1. The molecule has 4 amide bonds. The molecule has 15 heteroatoms. The summed E-state index contributed by atoms with van der Waals surface area (Å²) in [5.74, 6) is -4.28. The fourth-order valence-corrected chi connectivity index (χ4v) is 5.16. The molecule has 1 fully saturated rings. The third-order valence-electron chi connectivity index (χ3n) is 6.49. The first kappa shape index (κ1) is 27.1. The molecule has 13 nitrogen and oxygen atoms in total. The number of aromatic nitrogens is 1. The van der Waals surface area contributed by atoms with E-state index in [2.05, 4.69) is 10.3 Å². The number of hydrogen-bond acceptors (Lipinski definition) is 10. The second kappa shape index (κ2) is 10.8. The zero-order valence-corrected chi connectivity index (χ0v) is 21.5. The van der Waals surface area contributed by atoms with Gasteiger partial charge >= 0.3 is 30.9 Å². The van der Waals surface area contributed by atoms with E-state index in [1.807, 2.05) is 0 Å². The van der Waals surface area contributed by atoms with Crippen LogP contribution in [0.1, 0.15) is 46.6 Å². The number of aryl methyl sites for hydroxylation is 1. The molecule has 1 unspecified atom stereocenters. The van der Waals surface area contributed by atoms with Crippen molar-refractivity contribution in [2.24, 2.45) is 0 Å². The van der Waals surface area contributed by atoms with Crippen LogP contribution in [-0.4, -0.2) is 81.3 Å². The number of nitrogens with one attached hydrogen (secondary N) is 1. The molecular weight excluding hydrogens is 517 g/mol. The Morgan fingerprint density at radius 2 is 2.03 bits per heavy atom. The Morgan fingerprint density at radius 1 is 1.29 bits per heavy atom. The lowest BCUT2D eigenvalue weighted by atomic mass is 9.64. The fourth-order valence-electron chi connectivity index (χ4n) is 4.57. The van der Waals surface area contributed by atoms with Crippen molar-refractivity contribution in [3.63, 3.8) is 0 Å². The summed E-state index contributed by atoms with van der Waals surface area (Å²) in [7, 11) is -1.48. The van der Waals surface area contributed by atoms with Gasteiger partial charge in [-0.3, -0.25) is 19.3 Å². The first-order chi connectivity index (χ1) is 18.0. The van der Waals surface area contributed by atoms with Crippen molar-refractivity contribution in [3.8, 4) is 5.75 Å². The number of hydrogen-bond donors (Lipinski definition) is 4. The molecule has 2 aliphatic rings. The van der Waals surface area contributed by atoms with E-state index in [0.717, 1.165) is 16.2 Å². The number of imide groups is 1. The fraction of sp³-hybridized carbons (Fsp3) is 0.391.